The van der Waals surface area contributed by atoms with Crippen molar-refractivity contribution in [1.29, 1.82) is 0 Å². The van der Waals surface area contributed by atoms with Crippen LogP contribution in [0, 0.1) is 0 Å². The summed E-state index contributed by atoms with van der Waals surface area (Å²) in [7, 11) is 0. The SMILES string of the molecule is O=C(Nc1ccc2c(c1)OCO2)c1cc(-c2cccnc2)nc2c1cnn2Cc1ccco1. The van der Waals surface area contributed by atoms with Crippen LogP contribution in [0.1, 0.15) is 16.1 Å². The molecule has 0 bridgehead atoms. The van der Waals surface area contributed by atoms with Gasteiger partial charge < -0.3 is 19.2 Å². The van der Waals surface area contributed by atoms with Gasteiger partial charge in [0.2, 0.25) is 6.79 Å². The maximum atomic E-state index is 13.4. The highest BCUT2D eigenvalue weighted by Gasteiger charge is 2.20. The van der Waals surface area contributed by atoms with E-state index < -0.39 is 0 Å². The van der Waals surface area contributed by atoms with E-state index in [0.29, 0.717) is 46.0 Å². The topological polar surface area (TPSA) is 104 Å². The van der Waals surface area contributed by atoms with Gasteiger partial charge in [0.25, 0.3) is 5.91 Å². The minimum atomic E-state index is -0.288. The Labute approximate surface area is 187 Å². The van der Waals surface area contributed by atoms with E-state index in [1.165, 1.54) is 0 Å². The number of carbonyl (C=O) groups excluding carboxylic acids is 1. The lowest BCUT2D eigenvalue weighted by Crippen LogP contribution is -2.13. The molecule has 33 heavy (non-hydrogen) atoms. The lowest BCUT2D eigenvalue weighted by molar-refractivity contribution is 0.102. The fourth-order valence-electron chi connectivity index (χ4n) is 3.74. The lowest BCUT2D eigenvalue weighted by atomic mass is 10.1. The summed E-state index contributed by atoms with van der Waals surface area (Å²) in [6, 6.07) is 14.4. The van der Waals surface area contributed by atoms with Crippen molar-refractivity contribution >= 4 is 22.6 Å². The van der Waals surface area contributed by atoms with Crippen molar-refractivity contribution in [1.82, 2.24) is 19.7 Å². The molecule has 0 saturated carbocycles. The number of ether oxygens (including phenoxy) is 2. The number of fused-ring (bicyclic) bond motifs is 2. The largest absolute Gasteiger partial charge is 0.467 e. The van der Waals surface area contributed by atoms with Crippen molar-refractivity contribution in [2.24, 2.45) is 0 Å². The van der Waals surface area contributed by atoms with E-state index in [0.717, 1.165) is 11.3 Å². The lowest BCUT2D eigenvalue weighted by Gasteiger charge is -2.10. The highest BCUT2D eigenvalue weighted by atomic mass is 16.7. The maximum Gasteiger partial charge on any atom is 0.256 e. The first-order chi connectivity index (χ1) is 16.2. The van der Waals surface area contributed by atoms with Crippen LogP contribution in [0.4, 0.5) is 5.69 Å². The van der Waals surface area contributed by atoms with Gasteiger partial charge in [0.05, 0.1) is 29.1 Å². The summed E-state index contributed by atoms with van der Waals surface area (Å²) in [4.78, 5) is 22.3. The van der Waals surface area contributed by atoms with E-state index >= 15 is 0 Å². The molecule has 5 heterocycles. The zero-order valence-corrected chi connectivity index (χ0v) is 17.3. The minimum absolute atomic E-state index is 0.168. The van der Waals surface area contributed by atoms with Gasteiger partial charge in [-0.25, -0.2) is 9.67 Å². The number of rotatable bonds is 5. The number of hydrogen-bond donors (Lipinski definition) is 1. The third-order valence-corrected chi connectivity index (χ3v) is 5.33. The Morgan fingerprint density at radius 2 is 2.00 bits per heavy atom. The molecule has 0 radical (unpaired) electrons. The Hall–Kier alpha value is -4.66. The average molecular weight is 439 g/mol. The molecule has 1 aliphatic heterocycles. The molecular formula is C24H17N5O4. The molecule has 0 spiro atoms. The number of carbonyl (C=O) groups is 1. The molecule has 0 fully saturated rings. The van der Waals surface area contributed by atoms with Crippen molar-refractivity contribution in [2.75, 3.05) is 12.1 Å². The predicted octanol–water partition coefficient (Wildman–Crippen LogP) is 4.12. The Balaban J connectivity index is 1.43. The first-order valence-corrected chi connectivity index (χ1v) is 10.2. The van der Waals surface area contributed by atoms with Crippen LogP contribution in [0.3, 0.4) is 0 Å². The summed E-state index contributed by atoms with van der Waals surface area (Å²) >= 11 is 0. The number of benzene rings is 1. The molecule has 0 aliphatic carbocycles. The zero-order chi connectivity index (χ0) is 22.2. The summed E-state index contributed by atoms with van der Waals surface area (Å²) in [5.41, 5.74) is 3.03. The van der Waals surface area contributed by atoms with E-state index in [1.807, 2.05) is 24.3 Å². The Morgan fingerprint density at radius 3 is 2.85 bits per heavy atom. The number of amides is 1. The molecule has 4 aromatic heterocycles. The van der Waals surface area contributed by atoms with Crippen LogP contribution in [-0.4, -0.2) is 32.4 Å². The summed E-state index contributed by atoms with van der Waals surface area (Å²) in [5, 5.41) is 8.04. The number of nitrogens with one attached hydrogen (secondary N) is 1. The van der Waals surface area contributed by atoms with E-state index in [1.54, 1.807) is 53.8 Å². The molecular weight excluding hydrogens is 422 g/mol. The van der Waals surface area contributed by atoms with E-state index in [9.17, 15) is 4.79 Å². The third kappa shape index (κ3) is 3.55. The minimum Gasteiger partial charge on any atom is -0.467 e. The maximum absolute atomic E-state index is 13.4. The number of hydrogen-bond acceptors (Lipinski definition) is 7. The quantitative estimate of drug-likeness (QED) is 0.439. The molecule has 1 N–H and O–H groups in total. The normalized spacial score (nSPS) is 12.2. The van der Waals surface area contributed by atoms with Crippen molar-refractivity contribution in [2.45, 2.75) is 6.54 Å². The summed E-state index contributed by atoms with van der Waals surface area (Å²) in [6.07, 6.45) is 6.66. The number of aromatic nitrogens is 4. The smallest absolute Gasteiger partial charge is 0.256 e. The van der Waals surface area contributed by atoms with Gasteiger partial charge in [0.1, 0.15) is 12.3 Å². The van der Waals surface area contributed by atoms with Crippen LogP contribution in [0.25, 0.3) is 22.3 Å². The second-order valence-corrected chi connectivity index (χ2v) is 7.44. The monoisotopic (exact) mass is 439 g/mol. The molecule has 162 valence electrons. The Morgan fingerprint density at radius 1 is 1.06 bits per heavy atom. The number of nitrogens with zero attached hydrogens (tertiary/aromatic N) is 4. The van der Waals surface area contributed by atoms with Crippen LogP contribution < -0.4 is 14.8 Å². The van der Waals surface area contributed by atoms with E-state index in [4.69, 9.17) is 18.9 Å². The zero-order valence-electron chi connectivity index (χ0n) is 17.3. The molecule has 1 amide bonds. The highest BCUT2D eigenvalue weighted by Crippen LogP contribution is 2.34. The molecule has 0 unspecified atom stereocenters. The summed E-state index contributed by atoms with van der Waals surface area (Å²) in [5.74, 6) is 1.69. The van der Waals surface area contributed by atoms with Crippen LogP contribution in [0.2, 0.25) is 0 Å². The van der Waals surface area contributed by atoms with Crippen molar-refractivity contribution in [3.05, 3.63) is 84.7 Å². The van der Waals surface area contributed by atoms with E-state index in [-0.39, 0.29) is 12.7 Å². The summed E-state index contributed by atoms with van der Waals surface area (Å²) < 4.78 is 17.9. The third-order valence-electron chi connectivity index (χ3n) is 5.33. The van der Waals surface area contributed by atoms with Gasteiger partial charge in [-0.2, -0.15) is 5.10 Å². The summed E-state index contributed by atoms with van der Waals surface area (Å²) in [6.45, 7) is 0.560. The first kappa shape index (κ1) is 19.1. The van der Waals surface area contributed by atoms with Gasteiger partial charge in [-0.15, -0.1) is 0 Å². The molecule has 0 atom stereocenters. The van der Waals surface area contributed by atoms with Gasteiger partial charge >= 0.3 is 0 Å². The fourth-order valence-corrected chi connectivity index (χ4v) is 3.74. The van der Waals surface area contributed by atoms with Crippen molar-refractivity contribution < 1.29 is 18.7 Å². The van der Waals surface area contributed by atoms with Gasteiger partial charge in [-0.1, -0.05) is 0 Å². The average Bonchev–Trinajstić information content (AvgIpc) is 3.61. The van der Waals surface area contributed by atoms with Crippen LogP contribution >= 0.6 is 0 Å². The Kier molecular flexibility index (Phi) is 4.50. The second-order valence-electron chi connectivity index (χ2n) is 7.44. The van der Waals surface area contributed by atoms with E-state index in [2.05, 4.69) is 15.4 Å². The number of furan rings is 1. The van der Waals surface area contributed by atoms with Gasteiger partial charge in [-0.3, -0.25) is 9.78 Å². The number of pyridine rings is 2. The molecule has 5 aromatic rings. The second kappa shape index (κ2) is 7.79. The van der Waals surface area contributed by atoms with Gasteiger partial charge in [-0.05, 0) is 42.5 Å². The highest BCUT2D eigenvalue weighted by molar-refractivity contribution is 6.12. The Bertz CT molecular complexity index is 1460. The molecule has 9 heteroatoms. The van der Waals surface area contributed by atoms with Crippen LogP contribution in [-0.2, 0) is 6.54 Å². The number of anilines is 1. The first-order valence-electron chi connectivity index (χ1n) is 10.2. The molecule has 1 aliphatic rings. The molecule has 6 rings (SSSR count). The molecule has 1 aromatic carbocycles. The van der Waals surface area contributed by atoms with Crippen molar-refractivity contribution in [3.63, 3.8) is 0 Å². The molecule has 9 nitrogen and oxygen atoms in total. The van der Waals surface area contributed by atoms with Gasteiger partial charge in [0.15, 0.2) is 17.1 Å². The van der Waals surface area contributed by atoms with Crippen LogP contribution in [0.15, 0.2) is 77.8 Å². The standard InChI is InChI=1S/C24H17N5O4/c30-24(27-16-5-6-21-22(9-16)33-14-32-21)18-10-20(15-3-1-7-25-11-15)28-23-19(18)12-26-29(23)13-17-4-2-8-31-17/h1-12H,13-14H2,(H,27,30). The van der Waals surface area contributed by atoms with Crippen molar-refractivity contribution in [3.8, 4) is 22.8 Å². The van der Waals surface area contributed by atoms with Crippen LogP contribution in [0.5, 0.6) is 11.5 Å². The predicted molar refractivity (Wildman–Crippen MR) is 119 cm³/mol. The fraction of sp³-hybridized carbons (Fsp3) is 0.0833. The van der Waals surface area contributed by atoms with Gasteiger partial charge in [0, 0.05) is 29.7 Å². The molecule has 0 saturated heterocycles.